The minimum atomic E-state index is -6.09. The highest BCUT2D eigenvalue weighted by Crippen LogP contribution is 2.42. The second-order valence-corrected chi connectivity index (χ2v) is 10.4. The van der Waals surface area contributed by atoms with Crippen molar-refractivity contribution in [1.82, 2.24) is 4.72 Å². The molecule has 0 aliphatic rings. The van der Waals surface area contributed by atoms with Crippen LogP contribution >= 0.6 is 0 Å². The number of para-hydroxylation sites is 1. The number of carboxylic acids is 1. The zero-order valence-corrected chi connectivity index (χ0v) is 21.1. The summed E-state index contributed by atoms with van der Waals surface area (Å²) < 4.78 is 110. The fraction of sp³-hybridized carbons (Fsp3) is 0.154. The average molecular weight is 600 g/mol. The number of halogens is 6. The van der Waals surface area contributed by atoms with Gasteiger partial charge in [0.05, 0.1) is 4.90 Å². The normalized spacial score (nSPS) is 13.3. The van der Waals surface area contributed by atoms with Gasteiger partial charge in [-0.25, -0.2) is 8.42 Å². The minimum Gasteiger partial charge on any atom is -0.480 e. The van der Waals surface area contributed by atoms with Crippen LogP contribution in [-0.4, -0.2) is 43.8 Å². The second-order valence-electron chi connectivity index (χ2n) is 8.70. The number of hydrogen-bond acceptors (Lipinski definition) is 5. The number of benzene rings is 3. The van der Waals surface area contributed by atoms with Gasteiger partial charge in [-0.2, -0.15) is 31.1 Å². The molecule has 1 heterocycles. The van der Waals surface area contributed by atoms with Crippen LogP contribution in [0.2, 0.25) is 0 Å². The first kappa shape index (κ1) is 29.6. The molecule has 216 valence electrons. The van der Waals surface area contributed by atoms with E-state index >= 15 is 0 Å². The van der Waals surface area contributed by atoms with Gasteiger partial charge in [0.15, 0.2) is 11.7 Å². The van der Waals surface area contributed by atoms with E-state index < -0.39 is 51.1 Å². The molecule has 0 unspecified atom stereocenters. The SMILES string of the molecule is O=C(Nc1ccc(-c2ccc(S(=O)(=O)N[C@H](C(=O)O)C(C(F)(F)F)C(F)(F)F)cc2)cc1)c1cc2ccccc2o1. The maximum Gasteiger partial charge on any atom is 0.402 e. The fourth-order valence-electron chi connectivity index (χ4n) is 3.92. The van der Waals surface area contributed by atoms with Crippen LogP contribution in [0.3, 0.4) is 0 Å². The Morgan fingerprint density at radius 2 is 1.34 bits per heavy atom. The predicted molar refractivity (Wildman–Crippen MR) is 133 cm³/mol. The fourth-order valence-corrected chi connectivity index (χ4v) is 5.12. The van der Waals surface area contributed by atoms with E-state index in [0.29, 0.717) is 22.4 Å². The Morgan fingerprint density at radius 1 is 0.805 bits per heavy atom. The molecule has 41 heavy (non-hydrogen) atoms. The highest BCUT2D eigenvalue weighted by molar-refractivity contribution is 7.89. The van der Waals surface area contributed by atoms with E-state index in [1.807, 2.05) is 0 Å². The van der Waals surface area contributed by atoms with Crippen LogP contribution in [0.5, 0.6) is 0 Å². The first-order valence-electron chi connectivity index (χ1n) is 11.5. The van der Waals surface area contributed by atoms with Crippen LogP contribution in [0.4, 0.5) is 32.0 Å². The number of alkyl halides is 6. The number of carboxylic acid groups (broad SMARTS) is 1. The Morgan fingerprint density at radius 3 is 1.85 bits per heavy atom. The largest absolute Gasteiger partial charge is 0.480 e. The van der Waals surface area contributed by atoms with Crippen LogP contribution in [-0.2, 0) is 14.8 Å². The molecule has 0 aliphatic heterocycles. The number of aliphatic carboxylic acids is 1. The Balaban J connectivity index is 1.48. The van der Waals surface area contributed by atoms with Crippen LogP contribution < -0.4 is 10.0 Å². The minimum absolute atomic E-state index is 0.0857. The number of sulfonamides is 1. The van der Waals surface area contributed by atoms with Crippen molar-refractivity contribution >= 4 is 38.6 Å². The van der Waals surface area contributed by atoms with Crippen molar-refractivity contribution < 1.29 is 53.9 Å². The van der Waals surface area contributed by atoms with Crippen molar-refractivity contribution in [1.29, 1.82) is 0 Å². The molecular weight excluding hydrogens is 582 g/mol. The molecule has 0 radical (unpaired) electrons. The van der Waals surface area contributed by atoms with E-state index in [9.17, 15) is 44.3 Å². The highest BCUT2D eigenvalue weighted by Gasteiger charge is 2.63. The van der Waals surface area contributed by atoms with Crippen molar-refractivity contribution in [2.24, 2.45) is 5.92 Å². The maximum atomic E-state index is 13.0. The molecule has 3 N–H and O–H groups in total. The third-order valence-electron chi connectivity index (χ3n) is 5.88. The summed E-state index contributed by atoms with van der Waals surface area (Å²) in [6.07, 6.45) is -12.2. The summed E-state index contributed by atoms with van der Waals surface area (Å²) in [4.78, 5) is 23.0. The molecule has 4 rings (SSSR count). The second kappa shape index (κ2) is 10.9. The van der Waals surface area contributed by atoms with Gasteiger partial charge in [0.2, 0.25) is 10.0 Å². The number of nitrogens with one attached hydrogen (secondary N) is 2. The van der Waals surface area contributed by atoms with Crippen molar-refractivity contribution in [3.8, 4) is 11.1 Å². The van der Waals surface area contributed by atoms with Gasteiger partial charge in [0, 0.05) is 11.1 Å². The molecule has 1 amide bonds. The number of hydrogen-bond donors (Lipinski definition) is 3. The Kier molecular flexibility index (Phi) is 7.87. The number of amides is 1. The molecule has 0 aliphatic carbocycles. The summed E-state index contributed by atoms with van der Waals surface area (Å²) in [6, 6.07) is 15.5. The molecule has 1 atom stereocenters. The number of furan rings is 1. The van der Waals surface area contributed by atoms with E-state index in [-0.39, 0.29) is 5.76 Å². The third-order valence-corrected chi connectivity index (χ3v) is 7.33. The molecule has 0 fully saturated rings. The van der Waals surface area contributed by atoms with Crippen LogP contribution in [0.25, 0.3) is 22.1 Å². The van der Waals surface area contributed by atoms with E-state index in [4.69, 9.17) is 9.52 Å². The van der Waals surface area contributed by atoms with Crippen LogP contribution in [0.15, 0.2) is 88.2 Å². The van der Waals surface area contributed by atoms with Gasteiger partial charge in [0.1, 0.15) is 11.6 Å². The molecule has 0 saturated heterocycles. The quantitative estimate of drug-likeness (QED) is 0.219. The monoisotopic (exact) mass is 600 g/mol. The van der Waals surface area contributed by atoms with Crippen molar-refractivity contribution in [2.75, 3.05) is 5.32 Å². The lowest BCUT2D eigenvalue weighted by molar-refractivity contribution is -0.290. The Hall–Kier alpha value is -4.37. The van der Waals surface area contributed by atoms with Gasteiger partial charge in [0.25, 0.3) is 5.91 Å². The molecule has 4 aromatic rings. The van der Waals surface area contributed by atoms with Gasteiger partial charge in [-0.15, -0.1) is 0 Å². The summed E-state index contributed by atoms with van der Waals surface area (Å²) >= 11 is 0. The lowest BCUT2D eigenvalue weighted by Crippen LogP contribution is -2.56. The van der Waals surface area contributed by atoms with Crippen LogP contribution in [0.1, 0.15) is 10.6 Å². The first-order valence-corrected chi connectivity index (χ1v) is 12.9. The summed E-state index contributed by atoms with van der Waals surface area (Å²) in [5, 5.41) is 12.4. The molecule has 0 spiro atoms. The number of anilines is 1. The van der Waals surface area contributed by atoms with E-state index in [1.165, 1.54) is 24.3 Å². The van der Waals surface area contributed by atoms with E-state index in [2.05, 4.69) is 5.32 Å². The molecule has 0 bridgehead atoms. The number of carbonyl (C=O) groups is 2. The molecule has 3 aromatic carbocycles. The number of carbonyl (C=O) groups excluding carboxylic acids is 1. The standard InChI is InChI=1S/C26H18F6N2O6S/c27-25(28,29)22(26(30,31)32)21(24(36)37)34-41(38,39)18-11-7-15(8-12-18)14-5-9-17(10-6-14)33-23(35)20-13-16-3-1-2-4-19(16)40-20/h1-13,21-22,34H,(H,33,35)(H,36,37)/t21-/m0/s1. The summed E-state index contributed by atoms with van der Waals surface area (Å²) in [7, 11) is -5.11. The van der Waals surface area contributed by atoms with Crippen LogP contribution in [0, 0.1) is 5.92 Å². The van der Waals surface area contributed by atoms with Crippen molar-refractivity contribution in [3.05, 3.63) is 84.6 Å². The predicted octanol–water partition coefficient (Wildman–Crippen LogP) is 5.82. The molecule has 15 heteroatoms. The topological polar surface area (TPSA) is 126 Å². The van der Waals surface area contributed by atoms with Gasteiger partial charge in [-0.05, 0) is 47.5 Å². The zero-order chi connectivity index (χ0) is 30.2. The lowest BCUT2D eigenvalue weighted by atomic mass is 9.99. The number of fused-ring (bicyclic) bond motifs is 1. The van der Waals surface area contributed by atoms with Gasteiger partial charge >= 0.3 is 18.3 Å². The van der Waals surface area contributed by atoms with E-state index in [1.54, 1.807) is 42.5 Å². The van der Waals surface area contributed by atoms with Crippen molar-refractivity contribution in [2.45, 2.75) is 23.3 Å². The highest BCUT2D eigenvalue weighted by atomic mass is 32.2. The molecule has 1 aromatic heterocycles. The summed E-state index contributed by atoms with van der Waals surface area (Å²) in [5.74, 6) is -7.55. The third kappa shape index (κ3) is 6.69. The first-order chi connectivity index (χ1) is 19.1. The van der Waals surface area contributed by atoms with Gasteiger partial charge < -0.3 is 14.8 Å². The maximum absolute atomic E-state index is 13.0. The smallest absolute Gasteiger partial charge is 0.402 e. The molecule has 0 saturated carbocycles. The zero-order valence-electron chi connectivity index (χ0n) is 20.3. The van der Waals surface area contributed by atoms with Gasteiger partial charge in [-0.1, -0.05) is 42.5 Å². The Bertz CT molecular complexity index is 1630. The summed E-state index contributed by atoms with van der Waals surface area (Å²) in [6.45, 7) is 0. The van der Waals surface area contributed by atoms with E-state index in [0.717, 1.165) is 22.2 Å². The van der Waals surface area contributed by atoms with Gasteiger partial charge in [-0.3, -0.25) is 9.59 Å². The average Bonchev–Trinajstić information content (AvgIpc) is 3.32. The lowest BCUT2D eigenvalue weighted by Gasteiger charge is -2.28. The Labute approximate surface area is 227 Å². The van der Waals surface area contributed by atoms with Crippen molar-refractivity contribution in [3.63, 3.8) is 0 Å². The molecular formula is C26H18F6N2O6S. The summed E-state index contributed by atoms with van der Waals surface area (Å²) in [5.41, 5.74) is 1.84. The molecule has 8 nitrogen and oxygen atoms in total. The number of rotatable bonds is 8.